The monoisotopic (exact) mass is 276 g/mol. The lowest BCUT2D eigenvalue weighted by molar-refractivity contribution is 0.248. The van der Waals surface area contributed by atoms with Crippen molar-refractivity contribution < 1.29 is 4.74 Å². The molecule has 0 radical (unpaired) electrons. The molecule has 2 rings (SSSR count). The molecular weight excluding hydrogens is 248 g/mol. The number of rotatable bonds is 9. The van der Waals surface area contributed by atoms with Crippen LogP contribution in [0.25, 0.3) is 0 Å². The topological polar surface area (TPSA) is 38.5 Å². The van der Waals surface area contributed by atoms with E-state index < -0.39 is 0 Å². The zero-order valence-electron chi connectivity index (χ0n) is 12.8. The Morgan fingerprint density at radius 3 is 2.50 bits per heavy atom. The van der Waals surface area contributed by atoms with Crippen molar-refractivity contribution in [2.75, 3.05) is 26.2 Å². The molecule has 3 nitrogen and oxygen atoms in total. The Labute approximate surface area is 123 Å². The first-order valence-corrected chi connectivity index (χ1v) is 7.93. The van der Waals surface area contributed by atoms with E-state index in [4.69, 9.17) is 10.5 Å². The summed E-state index contributed by atoms with van der Waals surface area (Å²) >= 11 is 0. The zero-order valence-corrected chi connectivity index (χ0v) is 12.8. The molecule has 0 aromatic heterocycles. The molecule has 0 saturated heterocycles. The van der Waals surface area contributed by atoms with Crippen LogP contribution in [0, 0.1) is 5.92 Å². The van der Waals surface area contributed by atoms with Crippen molar-refractivity contribution in [2.45, 2.75) is 39.2 Å². The Morgan fingerprint density at radius 1 is 1.25 bits per heavy atom. The van der Waals surface area contributed by atoms with E-state index in [1.165, 1.54) is 31.4 Å². The van der Waals surface area contributed by atoms with Crippen LogP contribution in [0.4, 0.5) is 0 Å². The minimum absolute atomic E-state index is 0.0935. The van der Waals surface area contributed by atoms with Crippen molar-refractivity contribution in [2.24, 2.45) is 11.7 Å². The van der Waals surface area contributed by atoms with E-state index in [-0.39, 0.29) is 6.04 Å². The maximum Gasteiger partial charge on any atom is 0.119 e. The molecule has 112 valence electrons. The molecule has 1 aliphatic rings. The summed E-state index contributed by atoms with van der Waals surface area (Å²) in [6.07, 6.45) is 4.00. The van der Waals surface area contributed by atoms with E-state index in [9.17, 15) is 0 Å². The first-order chi connectivity index (χ1) is 9.72. The molecule has 1 unspecified atom stereocenters. The van der Waals surface area contributed by atoms with Gasteiger partial charge < -0.3 is 15.4 Å². The predicted octanol–water partition coefficient (Wildman–Crippen LogP) is 3.21. The van der Waals surface area contributed by atoms with E-state index >= 15 is 0 Å². The molecule has 1 aromatic carbocycles. The second-order valence-electron chi connectivity index (χ2n) is 5.81. The highest BCUT2D eigenvalue weighted by Crippen LogP contribution is 2.30. The molecule has 0 heterocycles. The van der Waals surface area contributed by atoms with Gasteiger partial charge in [0, 0.05) is 19.1 Å². The van der Waals surface area contributed by atoms with Crippen LogP contribution in [0.1, 0.15) is 44.7 Å². The quantitative estimate of drug-likeness (QED) is 0.752. The van der Waals surface area contributed by atoms with Crippen molar-refractivity contribution >= 4 is 0 Å². The number of nitrogens with two attached hydrogens (primary N) is 1. The maximum atomic E-state index is 6.36. The average molecular weight is 276 g/mol. The lowest BCUT2D eigenvalue weighted by Crippen LogP contribution is -2.34. The molecule has 2 N–H and O–H groups in total. The normalized spacial score (nSPS) is 16.4. The minimum atomic E-state index is 0.0935. The van der Waals surface area contributed by atoms with Gasteiger partial charge in [0.2, 0.25) is 0 Å². The minimum Gasteiger partial charge on any atom is -0.494 e. The second kappa shape index (κ2) is 7.65. The molecule has 0 bridgehead atoms. The molecule has 20 heavy (non-hydrogen) atoms. The molecule has 1 saturated carbocycles. The van der Waals surface area contributed by atoms with Crippen LogP contribution < -0.4 is 10.5 Å². The van der Waals surface area contributed by atoms with Gasteiger partial charge in [-0.15, -0.1) is 0 Å². The van der Waals surface area contributed by atoms with Crippen molar-refractivity contribution in [1.29, 1.82) is 0 Å². The van der Waals surface area contributed by atoms with Crippen molar-refractivity contribution in [1.82, 2.24) is 4.90 Å². The summed E-state index contributed by atoms with van der Waals surface area (Å²) in [5, 5.41) is 0. The molecule has 1 atom stereocenters. The Hall–Kier alpha value is -1.06. The summed E-state index contributed by atoms with van der Waals surface area (Å²) < 4.78 is 5.47. The van der Waals surface area contributed by atoms with E-state index in [1.54, 1.807) is 0 Å². The summed E-state index contributed by atoms with van der Waals surface area (Å²) in [5.41, 5.74) is 7.56. The number of hydrogen-bond acceptors (Lipinski definition) is 3. The van der Waals surface area contributed by atoms with Crippen LogP contribution in [0.3, 0.4) is 0 Å². The average Bonchev–Trinajstić information content (AvgIpc) is 3.24. The fraction of sp³-hybridized carbons (Fsp3) is 0.647. The number of benzene rings is 1. The first-order valence-electron chi connectivity index (χ1n) is 7.93. The van der Waals surface area contributed by atoms with Crippen molar-refractivity contribution in [3.05, 3.63) is 29.8 Å². The van der Waals surface area contributed by atoms with Crippen LogP contribution in [0.2, 0.25) is 0 Å². The number of nitrogens with zero attached hydrogens (tertiary/aromatic N) is 1. The standard InChI is InChI=1S/C17H28N2O/c1-3-11-19(12-14-5-6-14)13-17(18)15-7-9-16(10-8-15)20-4-2/h7-10,14,17H,3-6,11-13,18H2,1-2H3. The largest absolute Gasteiger partial charge is 0.494 e. The predicted molar refractivity (Wildman–Crippen MR) is 84.0 cm³/mol. The van der Waals surface area contributed by atoms with Crippen molar-refractivity contribution in [3.8, 4) is 5.75 Å². The highest BCUT2D eigenvalue weighted by molar-refractivity contribution is 5.29. The molecular formula is C17H28N2O. The lowest BCUT2D eigenvalue weighted by Gasteiger charge is -2.25. The molecule has 0 spiro atoms. The third-order valence-corrected chi connectivity index (χ3v) is 3.83. The molecule has 0 aliphatic heterocycles. The Balaban J connectivity index is 1.88. The highest BCUT2D eigenvalue weighted by atomic mass is 16.5. The van der Waals surface area contributed by atoms with Crippen LogP contribution in [-0.2, 0) is 0 Å². The maximum absolute atomic E-state index is 6.36. The first kappa shape index (κ1) is 15.3. The van der Waals surface area contributed by atoms with Gasteiger partial charge in [0.1, 0.15) is 5.75 Å². The zero-order chi connectivity index (χ0) is 14.4. The summed E-state index contributed by atoms with van der Waals surface area (Å²) in [6, 6.07) is 8.32. The van der Waals surface area contributed by atoms with Gasteiger partial charge in [0.05, 0.1) is 6.61 Å². The van der Waals surface area contributed by atoms with Crippen LogP contribution in [0.5, 0.6) is 5.75 Å². The lowest BCUT2D eigenvalue weighted by atomic mass is 10.1. The van der Waals surface area contributed by atoms with Gasteiger partial charge in [-0.05, 0) is 56.3 Å². The molecule has 1 fully saturated rings. The molecule has 1 aliphatic carbocycles. The SMILES string of the molecule is CCCN(CC1CC1)CC(N)c1ccc(OCC)cc1. The van der Waals surface area contributed by atoms with Crippen LogP contribution in [-0.4, -0.2) is 31.1 Å². The van der Waals surface area contributed by atoms with Gasteiger partial charge in [-0.3, -0.25) is 0 Å². The third kappa shape index (κ3) is 4.80. The highest BCUT2D eigenvalue weighted by Gasteiger charge is 2.24. The number of hydrogen-bond donors (Lipinski definition) is 1. The van der Waals surface area contributed by atoms with Gasteiger partial charge in [0.15, 0.2) is 0 Å². The fourth-order valence-corrected chi connectivity index (χ4v) is 2.60. The summed E-state index contributed by atoms with van der Waals surface area (Å²) in [5.74, 6) is 1.85. The molecule has 0 amide bonds. The van der Waals surface area contributed by atoms with E-state index in [0.717, 1.165) is 24.8 Å². The van der Waals surface area contributed by atoms with Crippen LogP contribution >= 0.6 is 0 Å². The van der Waals surface area contributed by atoms with Crippen molar-refractivity contribution in [3.63, 3.8) is 0 Å². The third-order valence-electron chi connectivity index (χ3n) is 3.83. The summed E-state index contributed by atoms with van der Waals surface area (Å²) in [6.45, 7) is 8.28. The second-order valence-corrected chi connectivity index (χ2v) is 5.81. The fourth-order valence-electron chi connectivity index (χ4n) is 2.60. The van der Waals surface area contributed by atoms with Crippen LogP contribution in [0.15, 0.2) is 24.3 Å². The number of ether oxygens (including phenoxy) is 1. The van der Waals surface area contributed by atoms with Gasteiger partial charge >= 0.3 is 0 Å². The van der Waals surface area contributed by atoms with E-state index in [2.05, 4.69) is 24.0 Å². The molecule has 3 heteroatoms. The Kier molecular flexibility index (Phi) is 5.86. The molecule has 1 aromatic rings. The summed E-state index contributed by atoms with van der Waals surface area (Å²) in [7, 11) is 0. The van der Waals surface area contributed by atoms with Gasteiger partial charge in [-0.1, -0.05) is 19.1 Å². The van der Waals surface area contributed by atoms with Gasteiger partial charge in [-0.2, -0.15) is 0 Å². The summed E-state index contributed by atoms with van der Waals surface area (Å²) in [4.78, 5) is 2.53. The smallest absolute Gasteiger partial charge is 0.119 e. The van der Waals surface area contributed by atoms with E-state index in [0.29, 0.717) is 6.61 Å². The Bertz CT molecular complexity index is 386. The van der Waals surface area contributed by atoms with E-state index in [1.807, 2.05) is 19.1 Å². The van der Waals surface area contributed by atoms with Gasteiger partial charge in [-0.25, -0.2) is 0 Å². The van der Waals surface area contributed by atoms with Gasteiger partial charge in [0.25, 0.3) is 0 Å². The Morgan fingerprint density at radius 2 is 1.95 bits per heavy atom.